The highest BCUT2D eigenvalue weighted by atomic mass is 16.5. The molecule has 0 spiro atoms. The largest absolute Gasteiger partial charge is 0.507 e. The van der Waals surface area contributed by atoms with Crippen molar-refractivity contribution in [3.05, 3.63) is 53.6 Å². The summed E-state index contributed by atoms with van der Waals surface area (Å²) in [6.07, 6.45) is 0. The Morgan fingerprint density at radius 3 is 2.12 bits per heavy atom. The van der Waals surface area contributed by atoms with Crippen molar-refractivity contribution in [2.45, 2.75) is 13.8 Å². The Labute approximate surface area is 95.1 Å². The van der Waals surface area contributed by atoms with E-state index in [0.717, 1.165) is 22.6 Å². The van der Waals surface area contributed by atoms with Gasteiger partial charge < -0.3 is 9.84 Å². The van der Waals surface area contributed by atoms with Crippen LogP contribution in [0, 0.1) is 19.9 Å². The highest BCUT2D eigenvalue weighted by Crippen LogP contribution is 2.29. The van der Waals surface area contributed by atoms with Gasteiger partial charge >= 0.3 is 0 Å². The van der Waals surface area contributed by atoms with Crippen LogP contribution in [0.3, 0.4) is 0 Å². The number of aryl methyl sites for hydroxylation is 2. The quantitative estimate of drug-likeness (QED) is 0.825. The lowest BCUT2D eigenvalue weighted by atomic mass is 10.1. The molecule has 2 aromatic rings. The van der Waals surface area contributed by atoms with Gasteiger partial charge in [0, 0.05) is 0 Å². The van der Waals surface area contributed by atoms with E-state index in [1.165, 1.54) is 0 Å². The highest BCUT2D eigenvalue weighted by molar-refractivity contribution is 5.46. The van der Waals surface area contributed by atoms with E-state index in [1.807, 2.05) is 38.1 Å². The summed E-state index contributed by atoms with van der Waals surface area (Å²) in [5, 5.41) is 9.64. The summed E-state index contributed by atoms with van der Waals surface area (Å²) in [4.78, 5) is 0. The lowest BCUT2D eigenvalue weighted by Gasteiger charge is -2.09. The van der Waals surface area contributed by atoms with E-state index in [4.69, 9.17) is 4.74 Å². The number of phenols is 1. The molecule has 1 N–H and O–H groups in total. The third kappa shape index (κ3) is 2.16. The predicted molar refractivity (Wildman–Crippen MR) is 62.9 cm³/mol. The third-order valence-electron chi connectivity index (χ3n) is 2.39. The molecule has 81 valence electrons. The molecule has 2 rings (SSSR count). The molecule has 0 aliphatic heterocycles. The van der Waals surface area contributed by atoms with Crippen molar-refractivity contribution in [2.75, 3.05) is 0 Å². The van der Waals surface area contributed by atoms with Gasteiger partial charge in [0.1, 0.15) is 17.2 Å². The van der Waals surface area contributed by atoms with Gasteiger partial charge in [-0.2, -0.15) is 0 Å². The van der Waals surface area contributed by atoms with Crippen molar-refractivity contribution in [3.63, 3.8) is 0 Å². The summed E-state index contributed by atoms with van der Waals surface area (Å²) in [6, 6.07) is 13.9. The summed E-state index contributed by atoms with van der Waals surface area (Å²) in [7, 11) is 0. The lowest BCUT2D eigenvalue weighted by Crippen LogP contribution is -1.87. The van der Waals surface area contributed by atoms with E-state index in [1.54, 1.807) is 12.1 Å². The topological polar surface area (TPSA) is 29.5 Å². The number of benzene rings is 2. The van der Waals surface area contributed by atoms with E-state index in [2.05, 4.69) is 6.07 Å². The Bertz CT molecular complexity index is 466. The SMILES string of the molecule is Cc1cc(Oc2cc[c]cc2)cc(C)c1O. The van der Waals surface area contributed by atoms with Gasteiger partial charge in [-0.05, 0) is 55.3 Å². The van der Waals surface area contributed by atoms with E-state index >= 15 is 0 Å². The molecule has 0 saturated carbocycles. The molecule has 0 fully saturated rings. The Morgan fingerprint density at radius 1 is 1.00 bits per heavy atom. The average Bonchev–Trinajstić information content (AvgIpc) is 2.27. The first-order chi connectivity index (χ1) is 7.66. The Kier molecular flexibility index (Phi) is 2.82. The zero-order chi connectivity index (χ0) is 11.5. The molecule has 2 aromatic carbocycles. The van der Waals surface area contributed by atoms with Crippen molar-refractivity contribution < 1.29 is 9.84 Å². The van der Waals surface area contributed by atoms with Gasteiger partial charge in [-0.15, -0.1) is 0 Å². The molecule has 0 amide bonds. The molecule has 2 nitrogen and oxygen atoms in total. The molecular formula is C14H13O2. The number of rotatable bonds is 2. The molecule has 0 atom stereocenters. The summed E-state index contributed by atoms with van der Waals surface area (Å²) in [5.74, 6) is 1.83. The lowest BCUT2D eigenvalue weighted by molar-refractivity contribution is 0.456. The summed E-state index contributed by atoms with van der Waals surface area (Å²) < 4.78 is 5.66. The first kappa shape index (κ1) is 10.6. The summed E-state index contributed by atoms with van der Waals surface area (Å²) in [6.45, 7) is 3.71. The van der Waals surface area contributed by atoms with E-state index in [-0.39, 0.29) is 0 Å². The molecular weight excluding hydrogens is 200 g/mol. The highest BCUT2D eigenvalue weighted by Gasteiger charge is 2.04. The van der Waals surface area contributed by atoms with Crippen LogP contribution in [0.2, 0.25) is 0 Å². The molecule has 16 heavy (non-hydrogen) atoms. The molecule has 0 saturated heterocycles. The number of ether oxygens (including phenoxy) is 1. The minimum atomic E-state index is 0.328. The molecule has 0 heterocycles. The van der Waals surface area contributed by atoms with Gasteiger partial charge in [-0.3, -0.25) is 0 Å². The van der Waals surface area contributed by atoms with Crippen molar-refractivity contribution >= 4 is 0 Å². The van der Waals surface area contributed by atoms with Crippen LogP contribution in [-0.4, -0.2) is 5.11 Å². The second-order valence-corrected chi connectivity index (χ2v) is 3.74. The Morgan fingerprint density at radius 2 is 1.56 bits per heavy atom. The summed E-state index contributed by atoms with van der Waals surface area (Å²) in [5.41, 5.74) is 1.63. The van der Waals surface area contributed by atoms with Crippen molar-refractivity contribution in [3.8, 4) is 17.2 Å². The molecule has 0 bridgehead atoms. The summed E-state index contributed by atoms with van der Waals surface area (Å²) >= 11 is 0. The first-order valence-corrected chi connectivity index (χ1v) is 5.11. The van der Waals surface area contributed by atoms with Crippen LogP contribution in [0.4, 0.5) is 0 Å². The average molecular weight is 213 g/mol. The fourth-order valence-corrected chi connectivity index (χ4v) is 1.55. The first-order valence-electron chi connectivity index (χ1n) is 5.11. The molecule has 0 aliphatic carbocycles. The maximum atomic E-state index is 9.64. The van der Waals surface area contributed by atoms with Crippen LogP contribution in [-0.2, 0) is 0 Å². The van der Waals surface area contributed by atoms with Crippen molar-refractivity contribution in [1.29, 1.82) is 0 Å². The van der Waals surface area contributed by atoms with Crippen LogP contribution >= 0.6 is 0 Å². The smallest absolute Gasteiger partial charge is 0.128 e. The Balaban J connectivity index is 2.29. The fourth-order valence-electron chi connectivity index (χ4n) is 1.55. The van der Waals surface area contributed by atoms with Crippen LogP contribution in [0.5, 0.6) is 17.2 Å². The minimum Gasteiger partial charge on any atom is -0.507 e. The van der Waals surface area contributed by atoms with Gasteiger partial charge in [0.2, 0.25) is 0 Å². The molecule has 0 unspecified atom stereocenters. The van der Waals surface area contributed by atoms with Crippen LogP contribution in [0.15, 0.2) is 36.4 Å². The monoisotopic (exact) mass is 213 g/mol. The second kappa shape index (κ2) is 4.27. The van der Waals surface area contributed by atoms with Gasteiger partial charge in [0.05, 0.1) is 0 Å². The van der Waals surface area contributed by atoms with E-state index in [9.17, 15) is 5.11 Å². The molecule has 1 radical (unpaired) electrons. The van der Waals surface area contributed by atoms with Gasteiger partial charge in [-0.1, -0.05) is 12.1 Å². The molecule has 0 aliphatic rings. The predicted octanol–water partition coefficient (Wildman–Crippen LogP) is 3.60. The number of phenolic OH excluding ortho intramolecular Hbond substituents is 1. The maximum Gasteiger partial charge on any atom is 0.128 e. The molecule has 2 heteroatoms. The van der Waals surface area contributed by atoms with Crippen molar-refractivity contribution in [2.24, 2.45) is 0 Å². The number of hydrogen-bond donors (Lipinski definition) is 1. The van der Waals surface area contributed by atoms with Gasteiger partial charge in [-0.25, -0.2) is 0 Å². The number of hydrogen-bond acceptors (Lipinski definition) is 2. The standard InChI is InChI=1S/C14H13O2/c1-10-8-13(9-11(2)14(10)15)16-12-6-4-3-5-7-12/h4-9,15H,1-2H3. The van der Waals surface area contributed by atoms with Crippen molar-refractivity contribution in [1.82, 2.24) is 0 Å². The number of aromatic hydroxyl groups is 1. The zero-order valence-electron chi connectivity index (χ0n) is 9.32. The zero-order valence-corrected chi connectivity index (χ0v) is 9.32. The van der Waals surface area contributed by atoms with Gasteiger partial charge in [0.15, 0.2) is 0 Å². The minimum absolute atomic E-state index is 0.328. The van der Waals surface area contributed by atoms with Crippen LogP contribution in [0.25, 0.3) is 0 Å². The fraction of sp³-hybridized carbons (Fsp3) is 0.143. The maximum absolute atomic E-state index is 9.64. The normalized spacial score (nSPS) is 10.1. The van der Waals surface area contributed by atoms with Crippen LogP contribution in [0.1, 0.15) is 11.1 Å². The third-order valence-corrected chi connectivity index (χ3v) is 2.39. The van der Waals surface area contributed by atoms with E-state index < -0.39 is 0 Å². The molecule has 0 aromatic heterocycles. The van der Waals surface area contributed by atoms with Crippen LogP contribution < -0.4 is 4.74 Å². The second-order valence-electron chi connectivity index (χ2n) is 3.74. The van der Waals surface area contributed by atoms with E-state index in [0.29, 0.717) is 5.75 Å². The Hall–Kier alpha value is -1.96. The van der Waals surface area contributed by atoms with Gasteiger partial charge in [0.25, 0.3) is 0 Å².